The number of nitrogens with zero attached hydrogens (tertiary/aromatic N) is 2. The fourth-order valence-electron chi connectivity index (χ4n) is 4.20. The molecule has 0 saturated carbocycles. The smallest absolute Gasteiger partial charge is 0.297 e. The van der Waals surface area contributed by atoms with Gasteiger partial charge in [-0.1, -0.05) is 36.1 Å². The number of ketones is 1. The number of benzene rings is 2. The molecule has 3 heterocycles. The van der Waals surface area contributed by atoms with Crippen LogP contribution in [-0.4, -0.2) is 23.3 Å². The number of thiazole rings is 1. The van der Waals surface area contributed by atoms with E-state index in [1.54, 1.807) is 37.3 Å². The third-order valence-corrected chi connectivity index (χ3v) is 6.94. The lowest BCUT2D eigenvalue weighted by Crippen LogP contribution is -2.29. The molecule has 1 atom stereocenters. The molecule has 0 spiro atoms. The largest absolute Gasteiger partial charge is 0.490 e. The van der Waals surface area contributed by atoms with Crippen LogP contribution in [-0.2, 0) is 0 Å². The first-order chi connectivity index (χ1) is 16.8. The number of aromatic nitrogens is 1. The Morgan fingerprint density at radius 3 is 2.80 bits per heavy atom. The minimum absolute atomic E-state index is 0.0298. The summed E-state index contributed by atoms with van der Waals surface area (Å²) in [5, 5.41) is 0.281. The van der Waals surface area contributed by atoms with Crippen LogP contribution in [0.4, 0.5) is 9.52 Å². The van der Waals surface area contributed by atoms with E-state index in [2.05, 4.69) is 11.6 Å². The van der Waals surface area contributed by atoms with Gasteiger partial charge < -0.3 is 9.15 Å². The van der Waals surface area contributed by atoms with Crippen molar-refractivity contribution >= 4 is 39.1 Å². The zero-order chi connectivity index (χ0) is 24.9. The first-order valence-electron chi connectivity index (χ1n) is 10.7. The van der Waals surface area contributed by atoms with Crippen molar-refractivity contribution in [3.05, 3.63) is 98.6 Å². The highest BCUT2D eigenvalue weighted by atomic mass is 32.1. The van der Waals surface area contributed by atoms with E-state index < -0.39 is 23.2 Å². The van der Waals surface area contributed by atoms with Gasteiger partial charge in [0, 0.05) is 6.92 Å². The maximum absolute atomic E-state index is 14.0. The number of hydrogen-bond donors (Lipinski definition) is 0. The van der Waals surface area contributed by atoms with Crippen LogP contribution >= 0.6 is 11.3 Å². The molecule has 176 valence electrons. The summed E-state index contributed by atoms with van der Waals surface area (Å²) in [6.07, 6.45) is 1.60. The Balaban J connectivity index is 1.77. The fraction of sp³-hybridized carbons (Fsp3) is 0.154. The normalized spacial score (nSPS) is 14.9. The standard InChI is InChI=1S/C26H19FN2O5S/c1-4-10-33-17-7-5-6-15(11-17)21-20-22(31)18-12-16(27)8-9-19(18)34-23(20)25(32)29(21)26-28-13(2)24(35-26)14(3)30/h4-9,11-12,21H,1,10H2,2-3H3. The van der Waals surface area contributed by atoms with E-state index in [0.29, 0.717) is 21.9 Å². The summed E-state index contributed by atoms with van der Waals surface area (Å²) in [7, 11) is 0. The molecule has 0 bridgehead atoms. The third-order valence-electron chi connectivity index (χ3n) is 5.69. The molecule has 2 aromatic heterocycles. The zero-order valence-electron chi connectivity index (χ0n) is 18.8. The molecule has 35 heavy (non-hydrogen) atoms. The van der Waals surface area contributed by atoms with Gasteiger partial charge in [-0.15, -0.1) is 0 Å². The quantitative estimate of drug-likeness (QED) is 0.272. The Bertz CT molecular complexity index is 1590. The van der Waals surface area contributed by atoms with Gasteiger partial charge in [-0.25, -0.2) is 9.37 Å². The highest BCUT2D eigenvalue weighted by Gasteiger charge is 2.45. The number of rotatable bonds is 6. The lowest BCUT2D eigenvalue weighted by atomic mass is 9.98. The van der Waals surface area contributed by atoms with Crippen molar-refractivity contribution in [1.82, 2.24) is 4.98 Å². The highest BCUT2D eigenvalue weighted by Crippen LogP contribution is 2.43. The molecule has 2 aromatic carbocycles. The van der Waals surface area contributed by atoms with Crippen molar-refractivity contribution in [2.75, 3.05) is 11.5 Å². The second-order valence-electron chi connectivity index (χ2n) is 8.03. The second-order valence-corrected chi connectivity index (χ2v) is 9.01. The molecule has 1 aliphatic heterocycles. The Kier molecular flexibility index (Phi) is 5.56. The number of fused-ring (bicyclic) bond motifs is 2. The predicted octanol–water partition coefficient (Wildman–Crippen LogP) is 5.21. The molecule has 0 radical (unpaired) electrons. The van der Waals surface area contributed by atoms with Gasteiger partial charge in [-0.05, 0) is 42.8 Å². The summed E-state index contributed by atoms with van der Waals surface area (Å²) in [4.78, 5) is 45.5. The number of carbonyl (C=O) groups is 2. The summed E-state index contributed by atoms with van der Waals surface area (Å²) in [5.41, 5.74) is 0.714. The number of aryl methyl sites for hydroxylation is 1. The van der Waals surface area contributed by atoms with Crippen LogP contribution in [0.3, 0.4) is 0 Å². The molecular formula is C26H19FN2O5S. The average Bonchev–Trinajstić information content (AvgIpc) is 3.36. The molecule has 0 fully saturated rings. The van der Waals surface area contributed by atoms with Crippen LogP contribution in [0.5, 0.6) is 5.75 Å². The minimum atomic E-state index is -0.918. The van der Waals surface area contributed by atoms with Gasteiger partial charge in [0.15, 0.2) is 16.3 Å². The summed E-state index contributed by atoms with van der Waals surface area (Å²) >= 11 is 1.06. The van der Waals surface area contributed by atoms with Crippen LogP contribution in [0, 0.1) is 12.7 Å². The summed E-state index contributed by atoms with van der Waals surface area (Å²) in [5.74, 6) is -0.978. The van der Waals surface area contributed by atoms with Crippen LogP contribution < -0.4 is 15.1 Å². The van der Waals surface area contributed by atoms with Gasteiger partial charge in [0.1, 0.15) is 23.8 Å². The van der Waals surface area contributed by atoms with Gasteiger partial charge >= 0.3 is 0 Å². The summed E-state index contributed by atoms with van der Waals surface area (Å²) < 4.78 is 25.5. The van der Waals surface area contributed by atoms with E-state index in [0.717, 1.165) is 23.5 Å². The molecule has 4 aromatic rings. The second kappa shape index (κ2) is 8.59. The molecule has 5 rings (SSSR count). The molecular weight excluding hydrogens is 471 g/mol. The first-order valence-corrected chi connectivity index (χ1v) is 11.5. The molecule has 1 unspecified atom stereocenters. The molecule has 7 nitrogen and oxygen atoms in total. The van der Waals surface area contributed by atoms with E-state index >= 15 is 0 Å². The van der Waals surface area contributed by atoms with Gasteiger partial charge in [0.05, 0.1) is 27.6 Å². The molecule has 9 heteroatoms. The van der Waals surface area contributed by atoms with Gasteiger partial charge in [-0.3, -0.25) is 19.3 Å². The monoisotopic (exact) mass is 490 g/mol. The number of carbonyl (C=O) groups excluding carboxylic acids is 2. The maximum atomic E-state index is 14.0. The van der Waals surface area contributed by atoms with Crippen molar-refractivity contribution in [3.8, 4) is 5.75 Å². The Morgan fingerprint density at radius 2 is 2.09 bits per heavy atom. The topological polar surface area (TPSA) is 89.7 Å². The Labute approximate surface area is 203 Å². The van der Waals surface area contributed by atoms with E-state index in [1.165, 1.54) is 17.9 Å². The molecule has 0 N–H and O–H groups in total. The van der Waals surface area contributed by atoms with Gasteiger partial charge in [-0.2, -0.15) is 0 Å². The molecule has 0 aliphatic carbocycles. The molecule has 1 aliphatic rings. The lowest BCUT2D eigenvalue weighted by Gasteiger charge is -2.23. The van der Waals surface area contributed by atoms with Gasteiger partial charge in [0.25, 0.3) is 5.91 Å². The average molecular weight is 491 g/mol. The predicted molar refractivity (Wildman–Crippen MR) is 130 cm³/mol. The number of amides is 1. The van der Waals surface area contributed by atoms with E-state index in [-0.39, 0.29) is 39.8 Å². The van der Waals surface area contributed by atoms with E-state index in [4.69, 9.17) is 9.15 Å². The van der Waals surface area contributed by atoms with Crippen LogP contribution in [0.1, 0.15) is 50.0 Å². The number of hydrogen-bond acceptors (Lipinski definition) is 7. The zero-order valence-corrected chi connectivity index (χ0v) is 19.6. The Hall–Kier alpha value is -4.11. The van der Waals surface area contributed by atoms with E-state index in [1.807, 2.05) is 0 Å². The van der Waals surface area contributed by atoms with Gasteiger partial charge in [0.2, 0.25) is 5.76 Å². The number of Topliss-reactive ketones (excluding diaryl/α,β-unsaturated/α-hetero) is 1. The Morgan fingerprint density at radius 1 is 1.29 bits per heavy atom. The van der Waals surface area contributed by atoms with Crippen LogP contribution in [0.15, 0.2) is 64.3 Å². The third kappa shape index (κ3) is 3.74. The molecule has 1 amide bonds. The van der Waals surface area contributed by atoms with Crippen molar-refractivity contribution in [2.24, 2.45) is 0 Å². The fourth-order valence-corrected chi connectivity index (χ4v) is 5.19. The lowest BCUT2D eigenvalue weighted by molar-refractivity contribution is 0.0969. The van der Waals surface area contributed by atoms with E-state index in [9.17, 15) is 18.8 Å². The number of ether oxygens (including phenoxy) is 1. The van der Waals surface area contributed by atoms with Crippen molar-refractivity contribution in [1.29, 1.82) is 0 Å². The summed E-state index contributed by atoms with van der Waals surface area (Å²) in [6, 6.07) is 9.61. The SMILES string of the molecule is C=CCOc1cccc(C2c3c(oc4ccc(F)cc4c3=O)C(=O)N2c2nc(C)c(C(C)=O)s2)c1. The number of halogens is 1. The minimum Gasteiger partial charge on any atom is -0.490 e. The molecule has 0 saturated heterocycles. The van der Waals surface area contributed by atoms with Crippen LogP contribution in [0.25, 0.3) is 11.0 Å². The van der Waals surface area contributed by atoms with Crippen LogP contribution in [0.2, 0.25) is 0 Å². The van der Waals surface area contributed by atoms with Crippen molar-refractivity contribution in [2.45, 2.75) is 19.9 Å². The maximum Gasteiger partial charge on any atom is 0.297 e. The highest BCUT2D eigenvalue weighted by molar-refractivity contribution is 7.17. The van der Waals surface area contributed by atoms with Crippen molar-refractivity contribution in [3.63, 3.8) is 0 Å². The number of anilines is 1. The summed E-state index contributed by atoms with van der Waals surface area (Å²) in [6.45, 7) is 7.02. The first kappa shape index (κ1) is 22.7. The van der Waals surface area contributed by atoms with Crippen molar-refractivity contribution < 1.29 is 23.1 Å².